The third kappa shape index (κ3) is 6.02. The Balaban J connectivity index is 1.99. The molecule has 150 valence electrons. The predicted octanol–water partition coefficient (Wildman–Crippen LogP) is 1.53. The molecule has 1 aliphatic heterocycles. The Hall–Kier alpha value is -1.97. The van der Waals surface area contributed by atoms with Crippen molar-refractivity contribution in [3.63, 3.8) is 0 Å². The first-order valence-electron chi connectivity index (χ1n) is 8.97. The molecule has 2 N–H and O–H groups in total. The fourth-order valence-electron chi connectivity index (χ4n) is 2.83. The molecule has 1 amide bonds. The van der Waals surface area contributed by atoms with E-state index in [2.05, 4.69) is 4.72 Å². The van der Waals surface area contributed by atoms with Crippen molar-refractivity contribution in [2.24, 2.45) is 0 Å². The van der Waals surface area contributed by atoms with Crippen LogP contribution in [-0.4, -0.2) is 51.2 Å². The Morgan fingerprint density at radius 3 is 2.70 bits per heavy atom. The van der Waals surface area contributed by atoms with Crippen LogP contribution in [0.2, 0.25) is 0 Å². The Bertz CT molecular complexity index is 791. The molecule has 27 heavy (non-hydrogen) atoms. The summed E-state index contributed by atoms with van der Waals surface area (Å²) in [5.41, 5.74) is 1.42. The van der Waals surface area contributed by atoms with E-state index in [1.165, 1.54) is 11.0 Å². The molecule has 0 radical (unpaired) electrons. The molecule has 0 unspecified atom stereocenters. The number of rotatable bonds is 10. The van der Waals surface area contributed by atoms with Crippen LogP contribution in [0.4, 0.5) is 5.69 Å². The Morgan fingerprint density at radius 2 is 2.04 bits per heavy atom. The van der Waals surface area contributed by atoms with E-state index in [1.54, 1.807) is 12.1 Å². The van der Waals surface area contributed by atoms with Gasteiger partial charge < -0.3 is 14.7 Å². The molecule has 1 aromatic carbocycles. The third-order valence-corrected chi connectivity index (χ3v) is 5.63. The third-order valence-electron chi connectivity index (χ3n) is 4.17. The number of ether oxygens (including phenoxy) is 1. The maximum atomic E-state index is 12.4. The second kappa shape index (κ2) is 9.29. The van der Waals surface area contributed by atoms with E-state index >= 15 is 0 Å². The molecular weight excluding hydrogens is 372 g/mol. The van der Waals surface area contributed by atoms with Gasteiger partial charge in [-0.25, -0.2) is 13.1 Å². The van der Waals surface area contributed by atoms with Crippen LogP contribution in [0.25, 0.3) is 0 Å². The highest BCUT2D eigenvalue weighted by Gasteiger charge is 2.26. The maximum absolute atomic E-state index is 12.4. The molecule has 1 aromatic rings. The molecule has 0 aliphatic carbocycles. The van der Waals surface area contributed by atoms with E-state index in [0.717, 1.165) is 5.56 Å². The molecule has 9 heteroatoms. The summed E-state index contributed by atoms with van der Waals surface area (Å²) in [5, 5.41) is 8.71. The van der Waals surface area contributed by atoms with Crippen molar-refractivity contribution in [3.8, 4) is 0 Å². The minimum atomic E-state index is -3.63. The molecule has 0 aromatic heterocycles. The summed E-state index contributed by atoms with van der Waals surface area (Å²) in [6.07, 6.45) is 0.934. The number of aliphatic carboxylic acids is 1. The van der Waals surface area contributed by atoms with Crippen molar-refractivity contribution in [3.05, 3.63) is 23.8 Å². The number of carboxylic acid groups (broad SMARTS) is 1. The first-order chi connectivity index (χ1) is 12.7. The van der Waals surface area contributed by atoms with Crippen LogP contribution < -0.4 is 9.62 Å². The van der Waals surface area contributed by atoms with Gasteiger partial charge in [0.2, 0.25) is 15.9 Å². The van der Waals surface area contributed by atoms with Crippen molar-refractivity contribution in [1.82, 2.24) is 4.72 Å². The fourth-order valence-corrected chi connectivity index (χ4v) is 3.96. The van der Waals surface area contributed by atoms with E-state index < -0.39 is 16.0 Å². The van der Waals surface area contributed by atoms with E-state index in [0.29, 0.717) is 31.7 Å². The minimum absolute atomic E-state index is 0.0746. The highest BCUT2D eigenvalue weighted by molar-refractivity contribution is 7.89. The van der Waals surface area contributed by atoms with Crippen LogP contribution in [-0.2, 0) is 30.8 Å². The molecule has 1 aliphatic rings. The zero-order valence-electron chi connectivity index (χ0n) is 15.6. The number of fused-ring (bicyclic) bond motifs is 1. The average molecular weight is 398 g/mol. The van der Waals surface area contributed by atoms with Crippen molar-refractivity contribution < 1.29 is 27.9 Å². The number of nitrogens with zero attached hydrogens (tertiary/aromatic N) is 1. The molecule has 0 saturated heterocycles. The molecule has 0 spiro atoms. The van der Waals surface area contributed by atoms with Gasteiger partial charge in [-0.05, 0) is 50.5 Å². The molecular formula is C18H26N2O6S. The lowest BCUT2D eigenvalue weighted by atomic mass is 10.2. The zero-order valence-corrected chi connectivity index (χ0v) is 16.4. The van der Waals surface area contributed by atoms with Crippen molar-refractivity contribution >= 4 is 27.6 Å². The summed E-state index contributed by atoms with van der Waals surface area (Å²) in [4.78, 5) is 24.5. The van der Waals surface area contributed by atoms with Gasteiger partial charge in [0, 0.05) is 31.8 Å². The average Bonchev–Trinajstić information content (AvgIpc) is 3.02. The summed E-state index contributed by atoms with van der Waals surface area (Å²) < 4.78 is 32.8. The number of benzene rings is 1. The predicted molar refractivity (Wildman–Crippen MR) is 100 cm³/mol. The summed E-state index contributed by atoms with van der Waals surface area (Å²) in [6.45, 7) is 5.04. The number of hydrogen-bond acceptors (Lipinski definition) is 5. The fraction of sp³-hybridized carbons (Fsp3) is 0.556. The monoisotopic (exact) mass is 398 g/mol. The summed E-state index contributed by atoms with van der Waals surface area (Å²) in [5.74, 6) is -1.29. The second-order valence-electron chi connectivity index (χ2n) is 6.65. The van der Waals surface area contributed by atoms with Gasteiger partial charge in [-0.15, -0.1) is 0 Å². The topological polar surface area (TPSA) is 113 Å². The van der Waals surface area contributed by atoms with Gasteiger partial charge >= 0.3 is 5.97 Å². The van der Waals surface area contributed by atoms with Crippen molar-refractivity contribution in [2.75, 3.05) is 24.6 Å². The Kier molecular flexibility index (Phi) is 7.34. The number of hydrogen-bond donors (Lipinski definition) is 2. The Morgan fingerprint density at radius 1 is 1.30 bits per heavy atom. The first kappa shape index (κ1) is 21.3. The molecule has 0 fully saturated rings. The molecule has 1 heterocycles. The second-order valence-corrected chi connectivity index (χ2v) is 8.42. The molecule has 0 bridgehead atoms. The van der Waals surface area contributed by atoms with Gasteiger partial charge in [0.1, 0.15) is 0 Å². The van der Waals surface area contributed by atoms with Crippen LogP contribution >= 0.6 is 0 Å². The Labute approximate surface area is 159 Å². The van der Waals surface area contributed by atoms with Crippen LogP contribution in [0.3, 0.4) is 0 Å². The van der Waals surface area contributed by atoms with Gasteiger partial charge in [0.05, 0.1) is 17.4 Å². The van der Waals surface area contributed by atoms with Gasteiger partial charge in [-0.3, -0.25) is 9.59 Å². The molecule has 0 saturated carbocycles. The molecule has 0 atom stereocenters. The SMILES string of the molecule is CC(C)OCCCNS(=O)(=O)c1ccc2c(c1)CCN2C(=O)CCC(=O)O. The maximum Gasteiger partial charge on any atom is 0.303 e. The molecule has 8 nitrogen and oxygen atoms in total. The van der Waals surface area contributed by atoms with E-state index in [9.17, 15) is 18.0 Å². The van der Waals surface area contributed by atoms with Crippen LogP contribution in [0.15, 0.2) is 23.1 Å². The van der Waals surface area contributed by atoms with E-state index in [1.807, 2.05) is 13.8 Å². The number of sulfonamides is 1. The standard InChI is InChI=1S/C18H26N2O6S/c1-13(2)26-11-3-9-19-27(24,25)15-4-5-16-14(12-15)8-10-20(16)17(21)6-7-18(22)23/h4-5,12-13,19H,3,6-11H2,1-2H3,(H,22,23). The van der Waals surface area contributed by atoms with Gasteiger partial charge in [0.15, 0.2) is 0 Å². The van der Waals surface area contributed by atoms with Crippen LogP contribution in [0.5, 0.6) is 0 Å². The lowest BCUT2D eigenvalue weighted by Crippen LogP contribution is -2.29. The smallest absolute Gasteiger partial charge is 0.303 e. The van der Waals surface area contributed by atoms with Crippen LogP contribution in [0.1, 0.15) is 38.7 Å². The molecule has 2 rings (SSSR count). The zero-order chi connectivity index (χ0) is 20.0. The van der Waals surface area contributed by atoms with Gasteiger partial charge in [-0.1, -0.05) is 0 Å². The number of amides is 1. The van der Waals surface area contributed by atoms with Gasteiger partial charge in [0.25, 0.3) is 0 Å². The number of anilines is 1. The lowest BCUT2D eigenvalue weighted by Gasteiger charge is -2.17. The van der Waals surface area contributed by atoms with Crippen LogP contribution in [0, 0.1) is 0 Å². The van der Waals surface area contributed by atoms with E-state index in [-0.39, 0.29) is 36.3 Å². The highest BCUT2D eigenvalue weighted by atomic mass is 32.2. The van der Waals surface area contributed by atoms with E-state index in [4.69, 9.17) is 9.84 Å². The van der Waals surface area contributed by atoms with Crippen molar-refractivity contribution in [2.45, 2.75) is 50.5 Å². The lowest BCUT2D eigenvalue weighted by molar-refractivity contribution is -0.138. The summed E-state index contributed by atoms with van der Waals surface area (Å²) in [7, 11) is -3.63. The largest absolute Gasteiger partial charge is 0.481 e. The minimum Gasteiger partial charge on any atom is -0.481 e. The summed E-state index contributed by atoms with van der Waals surface area (Å²) in [6, 6.07) is 4.65. The number of carbonyl (C=O) groups is 2. The highest BCUT2D eigenvalue weighted by Crippen LogP contribution is 2.30. The first-order valence-corrected chi connectivity index (χ1v) is 10.5. The number of nitrogens with one attached hydrogen (secondary N) is 1. The number of carboxylic acids is 1. The quantitative estimate of drug-likeness (QED) is 0.578. The normalized spacial score (nSPS) is 13.8. The summed E-state index contributed by atoms with van der Waals surface area (Å²) >= 11 is 0. The van der Waals surface area contributed by atoms with Crippen molar-refractivity contribution in [1.29, 1.82) is 0 Å². The number of carbonyl (C=O) groups excluding carboxylic acids is 1. The van der Waals surface area contributed by atoms with Gasteiger partial charge in [-0.2, -0.15) is 0 Å².